The minimum absolute atomic E-state index is 0.0408. The van der Waals surface area contributed by atoms with Crippen LogP contribution < -0.4 is 10.6 Å². The topological polar surface area (TPSA) is 80.8 Å². The maximum Gasteiger partial charge on any atom is 0.257 e. The summed E-state index contributed by atoms with van der Waals surface area (Å²) in [6.07, 6.45) is 1.57. The van der Waals surface area contributed by atoms with Gasteiger partial charge in [0.15, 0.2) is 5.78 Å². The van der Waals surface area contributed by atoms with E-state index in [0.717, 1.165) is 5.56 Å². The van der Waals surface area contributed by atoms with E-state index in [2.05, 4.69) is 11.8 Å². The number of nitrogen functional groups attached to an aromatic ring is 1. The number of hydrogen-bond donors (Lipinski definition) is 1. The van der Waals surface area contributed by atoms with Gasteiger partial charge in [-0.15, -0.1) is 0 Å². The van der Waals surface area contributed by atoms with Crippen LogP contribution in [0.5, 0.6) is 5.75 Å². The quantitative estimate of drug-likeness (QED) is 0.429. The number of Topliss-reactive ketones (excluding diaryl/α,β-unsaturated/α-hetero) is 1. The monoisotopic (exact) mass is 482 g/mol. The van der Waals surface area contributed by atoms with E-state index >= 15 is 0 Å². The zero-order valence-electron chi connectivity index (χ0n) is 21.3. The van der Waals surface area contributed by atoms with Crippen LogP contribution in [0.15, 0.2) is 42.6 Å². The number of halogens is 1. The van der Waals surface area contributed by atoms with Crippen molar-refractivity contribution in [3.05, 3.63) is 65.1 Å². The molecule has 1 saturated heterocycles. The number of nitrogens with two attached hydrogens (primary N) is 1. The van der Waals surface area contributed by atoms with Crippen LogP contribution in [-0.4, -0.2) is 58.4 Å². The molecule has 0 aliphatic carbocycles. The Labute approximate surface area is 206 Å². The zero-order valence-corrected chi connectivity index (χ0v) is 21.3. The van der Waals surface area contributed by atoms with Gasteiger partial charge in [-0.25, -0.2) is 4.39 Å². The molecule has 1 aromatic heterocycles. The highest BCUT2D eigenvalue weighted by atomic mass is 19.1. The molecule has 2 N–H and O–H groups in total. The first kappa shape index (κ1) is 26.2. The average molecular weight is 483 g/mol. The third-order valence-electron chi connectivity index (χ3n) is 6.44. The molecule has 0 bridgehead atoms. The van der Waals surface area contributed by atoms with E-state index in [1.165, 1.54) is 30.8 Å². The molecule has 0 spiro atoms. The lowest BCUT2D eigenvalue weighted by molar-refractivity contribution is 0.0288. The van der Waals surface area contributed by atoms with Crippen molar-refractivity contribution in [2.24, 2.45) is 0 Å². The summed E-state index contributed by atoms with van der Waals surface area (Å²) in [4.78, 5) is 29.9. The van der Waals surface area contributed by atoms with E-state index in [-0.39, 0.29) is 29.6 Å². The number of rotatable bonds is 5. The van der Waals surface area contributed by atoms with Gasteiger partial charge in [0.2, 0.25) is 0 Å². The van der Waals surface area contributed by atoms with Crippen LogP contribution in [0, 0.1) is 5.82 Å². The Kier molecular flexibility index (Phi) is 8.17. The molecule has 7 nitrogen and oxygen atoms in total. The Hall–Kier alpha value is -3.39. The highest BCUT2D eigenvalue weighted by Gasteiger charge is 2.34. The summed E-state index contributed by atoms with van der Waals surface area (Å²) in [5.74, 6) is 5.92. The van der Waals surface area contributed by atoms with Gasteiger partial charge in [0.25, 0.3) is 5.91 Å². The number of fused-ring (bicyclic) bond motifs is 1. The molecule has 1 fully saturated rings. The van der Waals surface area contributed by atoms with Gasteiger partial charge in [-0.1, -0.05) is 26.0 Å². The van der Waals surface area contributed by atoms with Gasteiger partial charge in [0, 0.05) is 54.9 Å². The summed E-state index contributed by atoms with van der Waals surface area (Å²) >= 11 is 0. The molecule has 4 rings (SSSR count). The molecule has 2 aromatic carbocycles. The lowest BCUT2D eigenvalue weighted by Crippen LogP contribution is -2.57. The van der Waals surface area contributed by atoms with Gasteiger partial charge < -0.3 is 15.5 Å². The molecule has 1 aliphatic rings. The van der Waals surface area contributed by atoms with Gasteiger partial charge in [-0.2, -0.15) is 0 Å². The van der Waals surface area contributed by atoms with E-state index in [1.54, 1.807) is 30.5 Å². The number of hydrogen-bond acceptors (Lipinski definition) is 5. The van der Waals surface area contributed by atoms with Crippen LogP contribution >= 0.6 is 0 Å². The molecule has 3 aromatic rings. The second-order valence-electron chi connectivity index (χ2n) is 8.79. The number of ketones is 1. The van der Waals surface area contributed by atoms with Crippen LogP contribution in [0.1, 0.15) is 60.9 Å². The van der Waals surface area contributed by atoms with Crippen LogP contribution in [0.3, 0.4) is 0 Å². The number of aromatic nitrogens is 1. The Morgan fingerprint density at radius 1 is 1.06 bits per heavy atom. The zero-order chi connectivity index (χ0) is 25.9. The Balaban J connectivity index is 0.00000167. The Morgan fingerprint density at radius 2 is 1.71 bits per heavy atom. The van der Waals surface area contributed by atoms with Crippen molar-refractivity contribution < 1.29 is 18.7 Å². The van der Waals surface area contributed by atoms with Crippen LogP contribution in [0.2, 0.25) is 0 Å². The Bertz CT molecular complexity index is 1210. The summed E-state index contributed by atoms with van der Waals surface area (Å²) in [7, 11) is 1.51. The average Bonchev–Trinajstić information content (AvgIpc) is 3.18. The largest absolute Gasteiger partial charge is 0.496 e. The number of amides is 1. The summed E-state index contributed by atoms with van der Waals surface area (Å²) in [5.41, 5.74) is 2.53. The van der Waals surface area contributed by atoms with Crippen molar-refractivity contribution in [2.75, 3.05) is 26.0 Å². The second-order valence-corrected chi connectivity index (χ2v) is 8.79. The van der Waals surface area contributed by atoms with Crippen LogP contribution in [-0.2, 0) is 6.54 Å². The fourth-order valence-electron chi connectivity index (χ4n) is 4.57. The molecule has 0 radical (unpaired) electrons. The third-order valence-corrected chi connectivity index (χ3v) is 6.44. The third kappa shape index (κ3) is 5.32. The van der Waals surface area contributed by atoms with Crippen LogP contribution in [0.25, 0.3) is 10.9 Å². The number of carbonyl (C=O) groups excluding carboxylic acids is 2. The van der Waals surface area contributed by atoms with Gasteiger partial charge >= 0.3 is 0 Å². The summed E-state index contributed by atoms with van der Waals surface area (Å²) in [5, 5.41) is 0.629. The van der Waals surface area contributed by atoms with Crippen molar-refractivity contribution in [1.82, 2.24) is 14.5 Å². The normalized spacial score (nSPS) is 18.2. The van der Waals surface area contributed by atoms with Gasteiger partial charge in [0.05, 0.1) is 18.2 Å². The molecule has 1 amide bonds. The van der Waals surface area contributed by atoms with Crippen molar-refractivity contribution in [3.63, 3.8) is 0 Å². The van der Waals surface area contributed by atoms with Gasteiger partial charge in [-0.3, -0.25) is 19.2 Å². The molecular formula is C27H35FN4O3. The fraction of sp³-hybridized carbons (Fsp3) is 0.407. The van der Waals surface area contributed by atoms with Crippen molar-refractivity contribution >= 4 is 22.6 Å². The lowest BCUT2D eigenvalue weighted by atomic mass is 10.0. The lowest BCUT2D eigenvalue weighted by Gasteiger charge is -2.44. The molecule has 1 unspecified atom stereocenters. The predicted molar refractivity (Wildman–Crippen MR) is 137 cm³/mol. The number of nitrogens with zero attached hydrogens (tertiary/aromatic N) is 3. The Morgan fingerprint density at radius 3 is 2.31 bits per heavy atom. The molecule has 1 aliphatic heterocycles. The molecule has 2 atom stereocenters. The minimum Gasteiger partial charge on any atom is -0.496 e. The maximum atomic E-state index is 13.6. The van der Waals surface area contributed by atoms with Gasteiger partial charge in [0.1, 0.15) is 11.6 Å². The number of methoxy groups -OCH3 is 1. The van der Waals surface area contributed by atoms with E-state index in [9.17, 15) is 14.0 Å². The smallest absolute Gasteiger partial charge is 0.257 e. The number of benzene rings is 2. The number of piperazine rings is 1. The highest BCUT2D eigenvalue weighted by Crippen LogP contribution is 2.31. The summed E-state index contributed by atoms with van der Waals surface area (Å²) < 4.78 is 20.1. The van der Waals surface area contributed by atoms with Crippen LogP contribution in [0.4, 0.5) is 4.39 Å². The van der Waals surface area contributed by atoms with Gasteiger partial charge in [-0.05, 0) is 44.5 Å². The highest BCUT2D eigenvalue weighted by molar-refractivity contribution is 6.10. The number of ether oxygens (including phenoxy) is 1. The van der Waals surface area contributed by atoms with Crippen molar-refractivity contribution in [2.45, 2.75) is 53.2 Å². The summed E-state index contributed by atoms with van der Waals surface area (Å²) in [6, 6.07) is 10.0. The van der Waals surface area contributed by atoms with E-state index in [4.69, 9.17) is 10.6 Å². The molecule has 2 heterocycles. The number of carbonyl (C=O) groups is 2. The van der Waals surface area contributed by atoms with E-state index in [1.807, 2.05) is 25.7 Å². The van der Waals surface area contributed by atoms with E-state index in [0.29, 0.717) is 47.4 Å². The molecule has 35 heavy (non-hydrogen) atoms. The molecule has 8 heteroatoms. The van der Waals surface area contributed by atoms with E-state index < -0.39 is 0 Å². The first-order chi connectivity index (χ1) is 16.7. The molecule has 0 saturated carbocycles. The second kappa shape index (κ2) is 10.9. The molecule has 188 valence electrons. The maximum absolute atomic E-state index is 13.6. The summed E-state index contributed by atoms with van der Waals surface area (Å²) in [6.45, 7) is 11.5. The fourth-order valence-corrected chi connectivity index (χ4v) is 4.57. The standard InChI is InChI=1S/C25H29FN4O3.C2H6/c1-15-12-29(16(2)11-28(15)13-18-5-7-19(26)8-6-18)25(32)21-9-20-22(17(3)31)14-30(27)23(20)10-24(21)33-4;1-2/h5-10,14-16H,11-13,27H2,1-4H3;1-2H3/t15-,16?;/m0./s1. The molecular weight excluding hydrogens is 447 g/mol. The first-order valence-electron chi connectivity index (χ1n) is 12.0. The minimum atomic E-state index is -0.251. The van der Waals surface area contributed by atoms with Crippen molar-refractivity contribution in [3.8, 4) is 5.75 Å². The SMILES string of the molecule is CC.COc1cc2c(cc1C(=O)N1C[C@H](C)N(Cc3ccc(F)cc3)CC1C)c(C(C)=O)cn2N. The first-order valence-corrected chi connectivity index (χ1v) is 12.0. The predicted octanol–water partition coefficient (Wildman–Crippen LogP) is 4.47. The van der Waals surface area contributed by atoms with Crippen molar-refractivity contribution in [1.29, 1.82) is 0 Å².